The van der Waals surface area contributed by atoms with E-state index >= 15 is 0 Å². The molecule has 0 spiro atoms. The molecule has 1 N–H and O–H groups in total. The summed E-state index contributed by atoms with van der Waals surface area (Å²) in [5.74, 6) is -0.229. The molecule has 2 aromatic rings. The zero-order valence-electron chi connectivity index (χ0n) is 10.8. The molecule has 0 aliphatic rings. The first-order chi connectivity index (χ1) is 9.10. The van der Waals surface area contributed by atoms with E-state index < -0.39 is 5.97 Å². The van der Waals surface area contributed by atoms with E-state index in [1.165, 1.54) is 11.3 Å². The molecule has 5 heteroatoms. The van der Waals surface area contributed by atoms with Crippen molar-refractivity contribution in [3.63, 3.8) is 0 Å². The molecule has 0 saturated heterocycles. The van der Waals surface area contributed by atoms with Crippen LogP contribution in [0.2, 0.25) is 0 Å². The van der Waals surface area contributed by atoms with Gasteiger partial charge in [0, 0.05) is 0 Å². The molecule has 1 heterocycles. The van der Waals surface area contributed by atoms with Gasteiger partial charge in [-0.15, -0.1) is 11.3 Å². The monoisotopic (exact) mass is 277 g/mol. The Bertz CT molecular complexity index is 575. The van der Waals surface area contributed by atoms with Crippen LogP contribution in [0.3, 0.4) is 0 Å². The molecule has 0 aliphatic heterocycles. The van der Waals surface area contributed by atoms with Gasteiger partial charge in [-0.1, -0.05) is 24.6 Å². The van der Waals surface area contributed by atoms with Crippen LogP contribution in [0.4, 0.5) is 0 Å². The third-order valence-corrected chi connectivity index (χ3v) is 3.86. The van der Waals surface area contributed by atoms with Crippen molar-refractivity contribution in [3.05, 3.63) is 45.4 Å². The van der Waals surface area contributed by atoms with Gasteiger partial charge in [0.25, 0.3) is 0 Å². The lowest BCUT2D eigenvalue weighted by atomic mass is 10.2. The summed E-state index contributed by atoms with van der Waals surface area (Å²) < 4.78 is 5.58. The number of ether oxygens (including phenoxy) is 1. The zero-order chi connectivity index (χ0) is 13.8. The second-order valence-electron chi connectivity index (χ2n) is 4.14. The standard InChI is InChI=1S/C14H15NO3S/c1-3-12-15-11(13(19-12)14(16)17)8-18-10-6-4-9(2)5-7-10/h4-7H,3,8H2,1-2H3,(H,16,17). The Morgan fingerprint density at radius 2 is 2.05 bits per heavy atom. The van der Waals surface area contributed by atoms with Crippen molar-refractivity contribution in [1.29, 1.82) is 0 Å². The van der Waals surface area contributed by atoms with Crippen molar-refractivity contribution in [3.8, 4) is 5.75 Å². The molecule has 0 aliphatic carbocycles. The number of carboxylic acid groups (broad SMARTS) is 1. The number of aryl methyl sites for hydroxylation is 2. The number of benzene rings is 1. The molecule has 0 atom stereocenters. The van der Waals surface area contributed by atoms with Crippen LogP contribution in [-0.2, 0) is 13.0 Å². The Morgan fingerprint density at radius 1 is 1.37 bits per heavy atom. The van der Waals surface area contributed by atoms with Gasteiger partial charge >= 0.3 is 5.97 Å². The Morgan fingerprint density at radius 3 is 2.63 bits per heavy atom. The van der Waals surface area contributed by atoms with Crippen LogP contribution < -0.4 is 4.74 Å². The Kier molecular flexibility index (Phi) is 4.16. The molecule has 100 valence electrons. The first-order valence-corrected chi connectivity index (χ1v) is 6.83. The zero-order valence-corrected chi connectivity index (χ0v) is 11.7. The summed E-state index contributed by atoms with van der Waals surface area (Å²) in [6, 6.07) is 7.63. The maximum Gasteiger partial charge on any atom is 0.347 e. The summed E-state index contributed by atoms with van der Waals surface area (Å²) in [4.78, 5) is 15.7. The van der Waals surface area contributed by atoms with Crippen molar-refractivity contribution in [1.82, 2.24) is 4.98 Å². The van der Waals surface area contributed by atoms with Crippen LogP contribution in [0.5, 0.6) is 5.75 Å². The van der Waals surface area contributed by atoms with Crippen LogP contribution in [-0.4, -0.2) is 16.1 Å². The number of rotatable bonds is 5. The summed E-state index contributed by atoms with van der Waals surface area (Å²) in [6.45, 7) is 4.14. The molecule has 0 fully saturated rings. The molecule has 0 saturated carbocycles. The molecule has 0 bridgehead atoms. The van der Waals surface area contributed by atoms with Crippen molar-refractivity contribution >= 4 is 17.3 Å². The normalized spacial score (nSPS) is 10.4. The van der Waals surface area contributed by atoms with E-state index in [4.69, 9.17) is 9.84 Å². The van der Waals surface area contributed by atoms with Crippen LogP contribution >= 0.6 is 11.3 Å². The molecule has 4 nitrogen and oxygen atoms in total. The maximum atomic E-state index is 11.1. The fourth-order valence-corrected chi connectivity index (χ4v) is 2.45. The lowest BCUT2D eigenvalue weighted by molar-refractivity contribution is 0.0699. The number of aromatic carboxylic acids is 1. The molecule has 1 aromatic carbocycles. The summed E-state index contributed by atoms with van der Waals surface area (Å²) in [5.41, 5.74) is 1.65. The predicted molar refractivity (Wildman–Crippen MR) is 74.0 cm³/mol. The first kappa shape index (κ1) is 13.5. The second-order valence-corrected chi connectivity index (χ2v) is 5.23. The van der Waals surface area contributed by atoms with E-state index in [-0.39, 0.29) is 11.5 Å². The minimum Gasteiger partial charge on any atom is -0.487 e. The summed E-state index contributed by atoms with van der Waals surface area (Å²) in [7, 11) is 0. The fourth-order valence-electron chi connectivity index (χ4n) is 1.60. The van der Waals surface area contributed by atoms with Crippen molar-refractivity contribution in [2.45, 2.75) is 26.9 Å². The second kappa shape index (κ2) is 5.84. The molecule has 19 heavy (non-hydrogen) atoms. The highest BCUT2D eigenvalue weighted by atomic mass is 32.1. The molecular formula is C14H15NO3S. The summed E-state index contributed by atoms with van der Waals surface area (Å²) in [6.07, 6.45) is 0.732. The molecule has 1 aromatic heterocycles. The highest BCUT2D eigenvalue weighted by Gasteiger charge is 2.17. The SMILES string of the molecule is CCc1nc(COc2ccc(C)cc2)c(C(=O)O)s1. The van der Waals surface area contributed by atoms with Gasteiger partial charge in [0.05, 0.1) is 5.01 Å². The molecule has 0 radical (unpaired) electrons. The van der Waals surface area contributed by atoms with E-state index in [1.54, 1.807) is 0 Å². The van der Waals surface area contributed by atoms with E-state index in [0.717, 1.165) is 17.0 Å². The largest absolute Gasteiger partial charge is 0.487 e. The number of nitrogens with zero attached hydrogens (tertiary/aromatic N) is 1. The topological polar surface area (TPSA) is 59.4 Å². The van der Waals surface area contributed by atoms with E-state index in [0.29, 0.717) is 11.4 Å². The summed E-state index contributed by atoms with van der Waals surface area (Å²) in [5, 5.41) is 9.94. The van der Waals surface area contributed by atoms with Crippen molar-refractivity contribution in [2.75, 3.05) is 0 Å². The summed E-state index contributed by atoms with van der Waals surface area (Å²) >= 11 is 1.21. The molecule has 0 amide bonds. The number of carboxylic acids is 1. The van der Waals surface area contributed by atoms with Crippen molar-refractivity contribution in [2.24, 2.45) is 0 Å². The number of aromatic nitrogens is 1. The van der Waals surface area contributed by atoms with Crippen LogP contribution in [0.15, 0.2) is 24.3 Å². The van der Waals surface area contributed by atoms with Gasteiger partial charge in [0.2, 0.25) is 0 Å². The highest BCUT2D eigenvalue weighted by molar-refractivity contribution is 7.13. The quantitative estimate of drug-likeness (QED) is 0.911. The minimum atomic E-state index is -0.945. The van der Waals surface area contributed by atoms with E-state index in [9.17, 15) is 4.79 Å². The van der Waals surface area contributed by atoms with E-state index in [2.05, 4.69) is 4.98 Å². The van der Waals surface area contributed by atoms with Gasteiger partial charge in [-0.25, -0.2) is 9.78 Å². The van der Waals surface area contributed by atoms with Gasteiger partial charge in [-0.05, 0) is 25.5 Å². The third kappa shape index (κ3) is 3.32. The lowest BCUT2D eigenvalue weighted by Gasteiger charge is -2.05. The molecular weight excluding hydrogens is 262 g/mol. The number of carbonyl (C=O) groups is 1. The average molecular weight is 277 g/mol. The van der Waals surface area contributed by atoms with Gasteiger partial charge in [-0.3, -0.25) is 0 Å². The number of hydrogen-bond acceptors (Lipinski definition) is 4. The fraction of sp³-hybridized carbons (Fsp3) is 0.286. The highest BCUT2D eigenvalue weighted by Crippen LogP contribution is 2.21. The number of thiazole rings is 1. The molecule has 0 unspecified atom stereocenters. The van der Waals surface area contributed by atoms with Crippen LogP contribution in [0.25, 0.3) is 0 Å². The average Bonchev–Trinajstić information content (AvgIpc) is 2.81. The third-order valence-electron chi connectivity index (χ3n) is 2.63. The van der Waals surface area contributed by atoms with Gasteiger partial charge in [0.15, 0.2) is 0 Å². The van der Waals surface area contributed by atoms with E-state index in [1.807, 2.05) is 38.1 Å². The lowest BCUT2D eigenvalue weighted by Crippen LogP contribution is -2.03. The van der Waals surface area contributed by atoms with Gasteiger partial charge < -0.3 is 9.84 Å². The molecule has 2 rings (SSSR count). The van der Waals surface area contributed by atoms with Crippen LogP contribution in [0, 0.1) is 6.92 Å². The van der Waals surface area contributed by atoms with Crippen LogP contribution in [0.1, 0.15) is 32.9 Å². The maximum absolute atomic E-state index is 11.1. The Balaban J connectivity index is 2.12. The number of hydrogen-bond donors (Lipinski definition) is 1. The smallest absolute Gasteiger partial charge is 0.347 e. The Labute approximate surface area is 115 Å². The predicted octanol–water partition coefficient (Wildman–Crippen LogP) is 3.29. The minimum absolute atomic E-state index is 0.182. The van der Waals surface area contributed by atoms with Gasteiger partial charge in [0.1, 0.15) is 22.9 Å². The van der Waals surface area contributed by atoms with Gasteiger partial charge in [-0.2, -0.15) is 0 Å². The Hall–Kier alpha value is -1.88. The van der Waals surface area contributed by atoms with Crippen molar-refractivity contribution < 1.29 is 14.6 Å². The first-order valence-electron chi connectivity index (χ1n) is 6.01.